The number of ether oxygens (including phenoxy) is 2. The molecule has 0 radical (unpaired) electrons. The Bertz CT molecular complexity index is 1690. The highest BCUT2D eigenvalue weighted by atomic mass is 31.1. The molecule has 5 aromatic rings. The Morgan fingerprint density at radius 1 is 0.500 bits per heavy atom. The fourth-order valence-electron chi connectivity index (χ4n) is 6.54. The lowest BCUT2D eigenvalue weighted by Gasteiger charge is -2.34. The summed E-state index contributed by atoms with van der Waals surface area (Å²) in [7, 11) is -1.73. The third-order valence-corrected chi connectivity index (χ3v) is 13.6. The molecule has 1 unspecified atom stereocenters. The number of hydrogen-bond acceptors (Lipinski definition) is 2. The molecule has 0 fully saturated rings. The van der Waals surface area contributed by atoms with Crippen molar-refractivity contribution in [1.82, 2.24) is 0 Å². The van der Waals surface area contributed by atoms with Crippen molar-refractivity contribution in [2.24, 2.45) is 0 Å². The molecule has 0 saturated heterocycles. The van der Waals surface area contributed by atoms with Crippen LogP contribution in [0.4, 0.5) is 0 Å². The van der Waals surface area contributed by atoms with Crippen molar-refractivity contribution in [1.29, 1.82) is 0 Å². The molecule has 1 heterocycles. The quantitative estimate of drug-likeness (QED) is 0.174. The molecule has 2 aliphatic rings. The number of hydrogen-bond donors (Lipinski definition) is 0. The first-order valence-electron chi connectivity index (χ1n) is 16.5. The Morgan fingerprint density at radius 2 is 1.02 bits per heavy atom. The minimum Gasteiger partial charge on any atom is -0.493 e. The minimum absolute atomic E-state index is 0.0521. The van der Waals surface area contributed by atoms with Gasteiger partial charge < -0.3 is 9.47 Å². The minimum atomic E-state index is -0.874. The third kappa shape index (κ3) is 6.82. The summed E-state index contributed by atoms with van der Waals surface area (Å²) in [5, 5.41) is 8.04. The lowest BCUT2D eigenvalue weighted by molar-refractivity contribution is 0.0885. The molecule has 4 heteroatoms. The zero-order valence-electron chi connectivity index (χ0n) is 26.2. The predicted molar refractivity (Wildman–Crippen MR) is 199 cm³/mol. The van der Waals surface area contributed by atoms with E-state index in [1.165, 1.54) is 49.4 Å². The van der Waals surface area contributed by atoms with E-state index in [-0.39, 0.29) is 6.10 Å². The molecule has 0 N–H and O–H groups in total. The fraction of sp³-hybridized carbons (Fsp3) is 0.190. The van der Waals surface area contributed by atoms with Gasteiger partial charge in [0.05, 0.1) is 12.7 Å². The molecular weight excluding hydrogens is 598 g/mol. The summed E-state index contributed by atoms with van der Waals surface area (Å²) in [5.41, 5.74) is 2.53. The largest absolute Gasteiger partial charge is 0.493 e. The van der Waals surface area contributed by atoms with E-state index in [2.05, 4.69) is 152 Å². The Morgan fingerprint density at radius 3 is 1.59 bits per heavy atom. The summed E-state index contributed by atoms with van der Waals surface area (Å²) in [6.07, 6.45) is 9.99. The molecule has 5 aromatic carbocycles. The molecule has 0 saturated carbocycles. The first-order valence-corrected chi connectivity index (χ1v) is 19.2. The van der Waals surface area contributed by atoms with Crippen LogP contribution in [0.15, 0.2) is 157 Å². The van der Waals surface area contributed by atoms with Crippen LogP contribution in [-0.2, 0) is 4.74 Å². The highest BCUT2D eigenvalue weighted by Crippen LogP contribution is 2.52. The topological polar surface area (TPSA) is 18.5 Å². The Labute approximate surface area is 276 Å². The predicted octanol–water partition coefficient (Wildman–Crippen LogP) is 8.59. The molecule has 46 heavy (non-hydrogen) atoms. The zero-order valence-corrected chi connectivity index (χ0v) is 28.0. The van der Waals surface area contributed by atoms with Crippen molar-refractivity contribution in [2.45, 2.75) is 38.2 Å². The maximum absolute atomic E-state index is 6.93. The van der Waals surface area contributed by atoms with Gasteiger partial charge in [0.15, 0.2) is 0 Å². The third-order valence-electron chi connectivity index (χ3n) is 8.65. The Balaban J connectivity index is 1.54. The average Bonchev–Trinajstić information content (AvgIpc) is 3.11. The van der Waals surface area contributed by atoms with Crippen LogP contribution in [0.25, 0.3) is 5.57 Å². The van der Waals surface area contributed by atoms with Crippen molar-refractivity contribution in [2.75, 3.05) is 13.2 Å². The van der Waals surface area contributed by atoms with Gasteiger partial charge in [-0.1, -0.05) is 152 Å². The lowest BCUT2D eigenvalue weighted by Crippen LogP contribution is -2.29. The van der Waals surface area contributed by atoms with Crippen molar-refractivity contribution < 1.29 is 9.47 Å². The zero-order chi connectivity index (χ0) is 31.0. The number of fused-ring (bicyclic) bond motifs is 3. The van der Waals surface area contributed by atoms with Gasteiger partial charge in [0.25, 0.3) is 0 Å². The van der Waals surface area contributed by atoms with Crippen LogP contribution < -0.4 is 31.3 Å². The van der Waals surface area contributed by atoms with E-state index < -0.39 is 15.8 Å². The lowest BCUT2D eigenvalue weighted by atomic mass is 9.93. The van der Waals surface area contributed by atoms with Gasteiger partial charge in [-0.3, -0.25) is 0 Å². The van der Waals surface area contributed by atoms with Gasteiger partial charge in [-0.25, -0.2) is 0 Å². The Hall–Kier alpha value is -3.80. The van der Waals surface area contributed by atoms with E-state index in [0.717, 1.165) is 44.6 Å². The summed E-state index contributed by atoms with van der Waals surface area (Å²) >= 11 is 0. The van der Waals surface area contributed by atoms with E-state index in [4.69, 9.17) is 9.47 Å². The second-order valence-electron chi connectivity index (χ2n) is 11.7. The summed E-state index contributed by atoms with van der Waals surface area (Å²) < 4.78 is 13.7. The average molecular weight is 639 g/mol. The number of allylic oxidation sites excluding steroid dienone is 2. The maximum Gasteiger partial charge on any atom is 0.127 e. The van der Waals surface area contributed by atoms with E-state index in [0.29, 0.717) is 0 Å². The SMILES string of the molecule is C1=CC(P(c2ccccc2)c2ccccc2)=C2c3c(cccc3P(c3ccccc3)c3ccccc3)OCCCCCCOC2C1. The second kappa shape index (κ2) is 15.2. The molecule has 1 aliphatic carbocycles. The van der Waals surface area contributed by atoms with Crippen LogP contribution in [-0.4, -0.2) is 19.3 Å². The summed E-state index contributed by atoms with van der Waals surface area (Å²) in [5.74, 6) is 0.977. The van der Waals surface area contributed by atoms with E-state index >= 15 is 0 Å². The van der Waals surface area contributed by atoms with Gasteiger partial charge in [-0.15, -0.1) is 0 Å². The molecule has 0 spiro atoms. The molecule has 1 aliphatic heterocycles. The fourth-order valence-corrected chi connectivity index (χ4v) is 11.6. The monoisotopic (exact) mass is 638 g/mol. The summed E-state index contributed by atoms with van der Waals surface area (Å²) in [6.45, 7) is 1.50. The van der Waals surface area contributed by atoms with Crippen LogP contribution in [0, 0.1) is 0 Å². The molecule has 230 valence electrons. The van der Waals surface area contributed by atoms with E-state index in [9.17, 15) is 0 Å². The molecular formula is C42H40O2P2. The van der Waals surface area contributed by atoms with Gasteiger partial charge in [0.2, 0.25) is 0 Å². The maximum atomic E-state index is 6.93. The van der Waals surface area contributed by atoms with Crippen LogP contribution in [0.2, 0.25) is 0 Å². The first kappa shape index (κ1) is 30.8. The first-order chi connectivity index (χ1) is 22.9. The normalized spacial score (nSPS) is 17.0. The van der Waals surface area contributed by atoms with Crippen LogP contribution in [0.3, 0.4) is 0 Å². The van der Waals surface area contributed by atoms with Crippen molar-refractivity contribution in [3.63, 3.8) is 0 Å². The van der Waals surface area contributed by atoms with Gasteiger partial charge in [0, 0.05) is 17.7 Å². The van der Waals surface area contributed by atoms with Gasteiger partial charge in [-0.05, 0) is 79.4 Å². The summed E-state index contributed by atoms with van der Waals surface area (Å²) in [4.78, 5) is 0. The smallest absolute Gasteiger partial charge is 0.127 e. The molecule has 2 nitrogen and oxygen atoms in total. The molecule has 1 atom stereocenters. The van der Waals surface area contributed by atoms with Crippen molar-refractivity contribution in [3.05, 3.63) is 163 Å². The van der Waals surface area contributed by atoms with E-state index in [1.54, 1.807) is 0 Å². The van der Waals surface area contributed by atoms with Gasteiger partial charge in [-0.2, -0.15) is 0 Å². The standard InChI is InChI=1S/C42H40O2P2/c1-2-16-32-44-38-28-18-30-40(46(35-23-11-5-12-24-35)36-25-13-6-14-26-36)42(38)41-37(43-31-15-1)27-17-29-39(41)45(33-19-7-3-8-20-33)34-21-9-4-10-22-34/h3-14,17-27,29-30,38H,1-2,15-16,28,31-32H2. The molecule has 7 rings (SSSR count). The van der Waals surface area contributed by atoms with Crippen LogP contribution in [0.1, 0.15) is 37.7 Å². The number of rotatable bonds is 6. The van der Waals surface area contributed by atoms with Crippen molar-refractivity contribution >= 4 is 47.9 Å². The van der Waals surface area contributed by atoms with Gasteiger partial charge >= 0.3 is 0 Å². The molecule has 0 aromatic heterocycles. The number of benzene rings is 5. The molecule has 0 bridgehead atoms. The highest BCUT2D eigenvalue weighted by Gasteiger charge is 2.34. The van der Waals surface area contributed by atoms with Crippen LogP contribution in [0.5, 0.6) is 5.75 Å². The Kier molecular flexibility index (Phi) is 10.2. The van der Waals surface area contributed by atoms with Crippen LogP contribution >= 0.6 is 15.8 Å². The second-order valence-corrected chi connectivity index (χ2v) is 16.1. The summed E-state index contributed by atoms with van der Waals surface area (Å²) in [6, 6.07) is 50.9. The van der Waals surface area contributed by atoms with Gasteiger partial charge in [0.1, 0.15) is 5.75 Å². The molecule has 0 amide bonds. The van der Waals surface area contributed by atoms with Crippen molar-refractivity contribution in [3.8, 4) is 5.75 Å². The highest BCUT2D eigenvalue weighted by molar-refractivity contribution is 7.80. The van der Waals surface area contributed by atoms with E-state index in [1.807, 2.05) is 0 Å².